The Morgan fingerprint density at radius 3 is 2.47 bits per heavy atom. The summed E-state index contributed by atoms with van der Waals surface area (Å²) in [6.45, 7) is 4.44. The van der Waals surface area contributed by atoms with Crippen molar-refractivity contribution in [2.24, 2.45) is 0 Å². The summed E-state index contributed by atoms with van der Waals surface area (Å²) in [6.07, 6.45) is 0.796. The average molecular weight is 422 g/mol. The molecular weight excluding hydrogens is 398 g/mol. The number of hydrogen-bond donors (Lipinski definition) is 1. The van der Waals surface area contributed by atoms with E-state index >= 15 is 0 Å². The number of aromatic nitrogens is 2. The molecule has 0 radical (unpaired) electrons. The zero-order valence-electron chi connectivity index (χ0n) is 17.2. The van der Waals surface area contributed by atoms with Gasteiger partial charge in [0, 0.05) is 5.41 Å². The van der Waals surface area contributed by atoms with Gasteiger partial charge in [-0.2, -0.15) is 13.8 Å². The van der Waals surface area contributed by atoms with E-state index in [-0.39, 0.29) is 29.4 Å². The molecule has 3 amide bonds. The second-order valence-electron chi connectivity index (χ2n) is 8.44. The number of alkyl halides is 2. The smallest absolute Gasteiger partial charge is 0.387 e. The number of benzene rings is 1. The second-order valence-corrected chi connectivity index (χ2v) is 8.44. The van der Waals surface area contributed by atoms with Crippen LogP contribution >= 0.6 is 0 Å². The lowest BCUT2D eigenvalue weighted by Gasteiger charge is -2.21. The monoisotopic (exact) mass is 422 g/mol. The fraction of sp³-hybridized carbons (Fsp3) is 0.500. The molecule has 1 aromatic heterocycles. The van der Waals surface area contributed by atoms with Crippen LogP contribution < -0.4 is 10.1 Å². The maximum absolute atomic E-state index is 12.9. The van der Waals surface area contributed by atoms with Crippen molar-refractivity contribution in [2.45, 2.75) is 64.6 Å². The zero-order valence-corrected chi connectivity index (χ0v) is 17.2. The average Bonchev–Trinajstić information content (AvgIpc) is 3.20. The van der Waals surface area contributed by atoms with Crippen LogP contribution in [0.2, 0.25) is 0 Å². The quantitative estimate of drug-likeness (QED) is 0.687. The standard InChI is InChI=1S/C20H24F2N4O4/c1-19(2,3)15-23-14(25-30-15)11-26-16(27)20(4,24-18(26)28)10-9-12-5-7-13(8-6-12)29-17(21)22/h5-8,17H,9-11H2,1-4H3,(H,24,28). The third-order valence-corrected chi connectivity index (χ3v) is 4.82. The van der Waals surface area contributed by atoms with Crippen molar-refractivity contribution in [1.82, 2.24) is 20.4 Å². The normalized spacial score (nSPS) is 19.5. The van der Waals surface area contributed by atoms with E-state index < -0.39 is 18.2 Å². The molecule has 1 aliphatic heterocycles. The van der Waals surface area contributed by atoms with Crippen LogP contribution in [-0.2, 0) is 23.2 Å². The number of nitrogens with zero attached hydrogens (tertiary/aromatic N) is 3. The van der Waals surface area contributed by atoms with Gasteiger partial charge in [0.2, 0.25) is 5.89 Å². The van der Waals surface area contributed by atoms with E-state index in [1.165, 1.54) is 12.1 Å². The van der Waals surface area contributed by atoms with Crippen LogP contribution in [0.1, 0.15) is 51.4 Å². The maximum atomic E-state index is 12.9. The molecule has 0 bridgehead atoms. The van der Waals surface area contributed by atoms with Gasteiger partial charge in [-0.25, -0.2) is 4.79 Å². The van der Waals surface area contributed by atoms with Crippen molar-refractivity contribution >= 4 is 11.9 Å². The van der Waals surface area contributed by atoms with Gasteiger partial charge in [0.15, 0.2) is 5.82 Å². The summed E-state index contributed by atoms with van der Waals surface area (Å²) in [6, 6.07) is 5.65. The first-order chi connectivity index (χ1) is 14.0. The van der Waals surface area contributed by atoms with Gasteiger partial charge >= 0.3 is 12.6 Å². The van der Waals surface area contributed by atoms with Gasteiger partial charge in [-0.15, -0.1) is 0 Å². The molecule has 0 saturated carbocycles. The molecule has 1 aromatic carbocycles. The Kier molecular flexibility index (Phi) is 5.78. The van der Waals surface area contributed by atoms with Crippen LogP contribution in [0.3, 0.4) is 0 Å². The van der Waals surface area contributed by atoms with Crippen LogP contribution in [0.5, 0.6) is 5.75 Å². The van der Waals surface area contributed by atoms with Gasteiger partial charge in [0.1, 0.15) is 11.3 Å². The third-order valence-electron chi connectivity index (χ3n) is 4.82. The summed E-state index contributed by atoms with van der Waals surface area (Å²) in [5, 5.41) is 6.58. The number of rotatable bonds is 7. The summed E-state index contributed by atoms with van der Waals surface area (Å²) in [7, 11) is 0. The largest absolute Gasteiger partial charge is 0.435 e. The van der Waals surface area contributed by atoms with E-state index in [4.69, 9.17) is 4.52 Å². The zero-order chi connectivity index (χ0) is 22.1. The lowest BCUT2D eigenvalue weighted by Crippen LogP contribution is -2.44. The van der Waals surface area contributed by atoms with Crippen LogP contribution in [0.25, 0.3) is 0 Å². The number of carbonyl (C=O) groups excluding carboxylic acids is 2. The molecule has 10 heteroatoms. The van der Waals surface area contributed by atoms with Gasteiger partial charge in [0.25, 0.3) is 5.91 Å². The molecule has 1 unspecified atom stereocenters. The number of carbonyl (C=O) groups is 2. The number of imide groups is 1. The van der Waals surface area contributed by atoms with Crippen molar-refractivity contribution < 1.29 is 27.6 Å². The number of amides is 3. The van der Waals surface area contributed by atoms with Crippen LogP contribution in [-0.4, -0.2) is 39.1 Å². The van der Waals surface area contributed by atoms with Crippen LogP contribution in [0.15, 0.2) is 28.8 Å². The molecular formula is C20H24F2N4O4. The highest BCUT2D eigenvalue weighted by atomic mass is 19.3. The van der Waals surface area contributed by atoms with Crippen molar-refractivity contribution in [1.29, 1.82) is 0 Å². The van der Waals surface area contributed by atoms with Gasteiger partial charge in [0.05, 0.1) is 6.54 Å². The minimum atomic E-state index is -2.88. The lowest BCUT2D eigenvalue weighted by molar-refractivity contribution is -0.131. The minimum Gasteiger partial charge on any atom is -0.435 e. The number of aryl methyl sites for hydroxylation is 1. The lowest BCUT2D eigenvalue weighted by atomic mass is 9.93. The molecule has 162 valence electrons. The molecule has 0 aliphatic carbocycles. The summed E-state index contributed by atoms with van der Waals surface area (Å²) in [5.41, 5.74) is -0.606. The van der Waals surface area contributed by atoms with Gasteiger partial charge in [-0.05, 0) is 37.5 Å². The number of halogens is 2. The van der Waals surface area contributed by atoms with Crippen LogP contribution in [0.4, 0.5) is 13.6 Å². The highest BCUT2D eigenvalue weighted by Crippen LogP contribution is 2.26. The van der Waals surface area contributed by atoms with Crippen LogP contribution in [0, 0.1) is 0 Å². The summed E-state index contributed by atoms with van der Waals surface area (Å²) in [4.78, 5) is 30.6. The highest BCUT2D eigenvalue weighted by molar-refractivity contribution is 6.06. The minimum absolute atomic E-state index is 0.0612. The van der Waals surface area contributed by atoms with E-state index in [1.807, 2.05) is 20.8 Å². The fourth-order valence-electron chi connectivity index (χ4n) is 3.06. The number of nitrogens with one attached hydrogen (secondary N) is 1. The van der Waals surface area contributed by atoms with Gasteiger partial charge < -0.3 is 14.6 Å². The van der Waals surface area contributed by atoms with E-state index in [9.17, 15) is 18.4 Å². The highest BCUT2D eigenvalue weighted by Gasteiger charge is 2.47. The molecule has 1 aliphatic rings. The molecule has 1 fully saturated rings. The molecule has 2 heterocycles. The number of hydrogen-bond acceptors (Lipinski definition) is 6. The van der Waals surface area contributed by atoms with E-state index in [0.29, 0.717) is 18.7 Å². The van der Waals surface area contributed by atoms with Crippen molar-refractivity contribution in [3.05, 3.63) is 41.5 Å². The van der Waals surface area contributed by atoms with Crippen molar-refractivity contribution in [3.8, 4) is 5.75 Å². The first-order valence-corrected chi connectivity index (χ1v) is 9.49. The Morgan fingerprint density at radius 2 is 1.90 bits per heavy atom. The second kappa shape index (κ2) is 8.00. The molecule has 2 aromatic rings. The summed E-state index contributed by atoms with van der Waals surface area (Å²) >= 11 is 0. The predicted molar refractivity (Wildman–Crippen MR) is 102 cm³/mol. The van der Waals surface area contributed by atoms with Gasteiger partial charge in [-0.3, -0.25) is 9.69 Å². The van der Waals surface area contributed by atoms with E-state index in [2.05, 4.69) is 20.2 Å². The summed E-state index contributed by atoms with van der Waals surface area (Å²) in [5.74, 6) is 0.354. The Balaban J connectivity index is 1.63. The van der Waals surface area contributed by atoms with Crippen molar-refractivity contribution in [2.75, 3.05) is 0 Å². The molecule has 1 N–H and O–H groups in total. The number of ether oxygens (including phenoxy) is 1. The first-order valence-electron chi connectivity index (χ1n) is 9.49. The SMILES string of the molecule is CC1(CCc2ccc(OC(F)F)cc2)NC(=O)N(Cc2noc(C(C)(C)C)n2)C1=O. The Morgan fingerprint density at radius 1 is 1.23 bits per heavy atom. The molecule has 1 atom stereocenters. The predicted octanol–water partition coefficient (Wildman–Crippen LogP) is 3.41. The molecule has 1 saturated heterocycles. The Hall–Kier alpha value is -3.04. The van der Waals surface area contributed by atoms with E-state index in [0.717, 1.165) is 10.5 Å². The summed E-state index contributed by atoms with van der Waals surface area (Å²) < 4.78 is 34.0. The van der Waals surface area contributed by atoms with E-state index in [1.54, 1.807) is 19.1 Å². The van der Waals surface area contributed by atoms with Crippen molar-refractivity contribution in [3.63, 3.8) is 0 Å². The molecule has 3 rings (SSSR count). The molecule has 0 spiro atoms. The number of urea groups is 1. The molecule has 8 nitrogen and oxygen atoms in total. The maximum Gasteiger partial charge on any atom is 0.387 e. The third kappa shape index (κ3) is 4.74. The topological polar surface area (TPSA) is 97.6 Å². The van der Waals surface area contributed by atoms with Gasteiger partial charge in [-0.1, -0.05) is 38.1 Å². The first kappa shape index (κ1) is 21.7. The Bertz CT molecular complexity index is 924. The fourth-order valence-corrected chi connectivity index (χ4v) is 3.06. The Labute approximate surface area is 172 Å². The molecule has 30 heavy (non-hydrogen) atoms.